The van der Waals surface area contributed by atoms with E-state index < -0.39 is 79.0 Å². The number of alkyl carbamates (subject to hydrolysis) is 1. The van der Waals surface area contributed by atoms with E-state index in [4.69, 9.17) is 42.6 Å². The lowest BCUT2D eigenvalue weighted by Crippen LogP contribution is -2.66. The van der Waals surface area contributed by atoms with Crippen molar-refractivity contribution in [3.8, 4) is 0 Å². The molecular formula is C41H45N3O14. The SMILES string of the molecule is CCOC(=O)C1(C(=O)OCC)NC(=O)OC1C1O[C@@H](n2ccc(=O)n(COCc3ccccc3)c2=O)[C@H](OCOCc2ccccc2)[C@@H]1OCOCc1ccccc1. The van der Waals surface area contributed by atoms with Crippen LogP contribution in [-0.2, 0) is 78.8 Å². The summed E-state index contributed by atoms with van der Waals surface area (Å²) in [5, 5.41) is 2.30. The van der Waals surface area contributed by atoms with E-state index in [1.807, 2.05) is 91.0 Å². The van der Waals surface area contributed by atoms with Gasteiger partial charge in [0.25, 0.3) is 11.1 Å². The minimum Gasteiger partial charge on any atom is -0.464 e. The summed E-state index contributed by atoms with van der Waals surface area (Å²) in [5.74, 6) is -2.36. The molecule has 1 N–H and O–H groups in total. The number of benzene rings is 3. The van der Waals surface area contributed by atoms with Crippen LogP contribution in [0.15, 0.2) is 113 Å². The van der Waals surface area contributed by atoms with Crippen molar-refractivity contribution in [2.75, 3.05) is 26.8 Å². The molecular weight excluding hydrogens is 758 g/mol. The maximum Gasteiger partial charge on any atom is 0.409 e. The first-order valence-electron chi connectivity index (χ1n) is 18.7. The Balaban J connectivity index is 1.37. The predicted octanol–water partition coefficient (Wildman–Crippen LogP) is 3.17. The second-order valence-corrected chi connectivity index (χ2v) is 13.1. The number of rotatable bonds is 20. The molecule has 308 valence electrons. The zero-order chi connectivity index (χ0) is 40.9. The molecule has 2 fully saturated rings. The Morgan fingerprint density at radius 2 is 1.19 bits per heavy atom. The van der Waals surface area contributed by atoms with E-state index in [1.165, 1.54) is 20.0 Å². The van der Waals surface area contributed by atoms with Crippen LogP contribution in [0.1, 0.15) is 36.8 Å². The summed E-state index contributed by atoms with van der Waals surface area (Å²) in [5.41, 5.74) is -1.58. The number of nitrogens with one attached hydrogen (secondary N) is 1. The molecule has 17 heteroatoms. The third kappa shape index (κ3) is 9.70. The van der Waals surface area contributed by atoms with E-state index >= 15 is 0 Å². The van der Waals surface area contributed by atoms with Gasteiger partial charge in [-0.2, -0.15) is 0 Å². The Hall–Kier alpha value is -5.69. The Morgan fingerprint density at radius 3 is 1.71 bits per heavy atom. The van der Waals surface area contributed by atoms with Gasteiger partial charge in [0.2, 0.25) is 0 Å². The van der Waals surface area contributed by atoms with Gasteiger partial charge in [-0.05, 0) is 30.5 Å². The Morgan fingerprint density at radius 1 is 0.690 bits per heavy atom. The fourth-order valence-electron chi connectivity index (χ4n) is 6.58. The number of ether oxygens (including phenoxy) is 9. The van der Waals surface area contributed by atoms with Crippen LogP contribution >= 0.6 is 0 Å². The second kappa shape index (κ2) is 20.1. The molecule has 2 unspecified atom stereocenters. The van der Waals surface area contributed by atoms with Crippen molar-refractivity contribution in [3.05, 3.63) is 141 Å². The molecule has 0 aliphatic carbocycles. The van der Waals surface area contributed by atoms with E-state index in [-0.39, 0.29) is 39.8 Å². The van der Waals surface area contributed by atoms with Crippen molar-refractivity contribution in [2.24, 2.45) is 0 Å². The number of hydrogen-bond acceptors (Lipinski definition) is 14. The van der Waals surface area contributed by atoms with Gasteiger partial charge in [-0.15, -0.1) is 0 Å². The molecule has 2 saturated heterocycles. The number of aromatic nitrogens is 2. The number of carbonyl (C=O) groups excluding carboxylic acids is 3. The van der Waals surface area contributed by atoms with Crippen molar-refractivity contribution in [2.45, 2.75) is 76.6 Å². The molecule has 0 spiro atoms. The van der Waals surface area contributed by atoms with E-state index in [1.54, 1.807) is 0 Å². The van der Waals surface area contributed by atoms with Gasteiger partial charge in [-0.25, -0.2) is 23.7 Å². The number of esters is 2. The van der Waals surface area contributed by atoms with Gasteiger partial charge in [-0.3, -0.25) is 14.7 Å². The van der Waals surface area contributed by atoms with Crippen molar-refractivity contribution in [1.82, 2.24) is 14.5 Å². The van der Waals surface area contributed by atoms with Crippen molar-refractivity contribution in [3.63, 3.8) is 0 Å². The Kier molecular flexibility index (Phi) is 14.6. The maximum absolute atomic E-state index is 14.2. The standard InChI is InChI=1S/C41H45N3O14/c1-3-53-37(46)41(38(47)54-4-2)35(58-39(48)42-41)33-32(55-26-51-23-29-16-10-6-11-17-29)34(56-27-52-24-30-18-12-7-13-19-30)36(57-33)43-21-20-31(45)44(40(43)49)25-50-22-28-14-8-5-9-15-28/h5-21,32-36H,3-4,22-27H2,1-2H3,(H,42,48)/t32-,33?,34-,35?,36-/m1/s1. The number of cyclic esters (lactones) is 1. The normalized spacial score (nSPS) is 20.9. The van der Waals surface area contributed by atoms with Crippen molar-refractivity contribution >= 4 is 18.0 Å². The van der Waals surface area contributed by atoms with Crippen LogP contribution < -0.4 is 16.6 Å². The Bertz CT molecular complexity index is 2060. The molecule has 1 amide bonds. The van der Waals surface area contributed by atoms with Gasteiger partial charge >= 0.3 is 23.7 Å². The topological polar surface area (TPSA) is 190 Å². The highest BCUT2D eigenvalue weighted by atomic mass is 16.7. The highest BCUT2D eigenvalue weighted by Crippen LogP contribution is 2.41. The molecule has 0 saturated carbocycles. The second-order valence-electron chi connectivity index (χ2n) is 13.1. The predicted molar refractivity (Wildman–Crippen MR) is 201 cm³/mol. The van der Waals surface area contributed by atoms with Crippen LogP contribution in [0.25, 0.3) is 0 Å². The summed E-state index contributed by atoms with van der Waals surface area (Å²) in [6.45, 7) is 1.92. The molecule has 1 aromatic heterocycles. The fraction of sp³-hybridized carbons (Fsp3) is 0.390. The van der Waals surface area contributed by atoms with Crippen LogP contribution in [0.5, 0.6) is 0 Å². The summed E-state index contributed by atoms with van der Waals surface area (Å²) >= 11 is 0. The number of nitrogens with zero attached hydrogens (tertiary/aromatic N) is 2. The summed E-state index contributed by atoms with van der Waals surface area (Å²) in [6.07, 6.45) is -7.37. The molecule has 2 aliphatic rings. The van der Waals surface area contributed by atoms with Crippen LogP contribution in [0.2, 0.25) is 0 Å². The lowest BCUT2D eigenvalue weighted by Gasteiger charge is -2.33. The zero-order valence-electron chi connectivity index (χ0n) is 32.0. The first-order chi connectivity index (χ1) is 28.3. The highest BCUT2D eigenvalue weighted by molar-refractivity contribution is 6.10. The fourth-order valence-corrected chi connectivity index (χ4v) is 6.58. The van der Waals surface area contributed by atoms with Gasteiger partial charge in [0.15, 0.2) is 12.3 Å². The quantitative estimate of drug-likeness (QED) is 0.0451. The minimum absolute atomic E-state index is 0.108. The van der Waals surface area contributed by atoms with Gasteiger partial charge in [0.1, 0.15) is 38.6 Å². The maximum atomic E-state index is 14.2. The van der Waals surface area contributed by atoms with Crippen LogP contribution in [0.3, 0.4) is 0 Å². The average molecular weight is 804 g/mol. The van der Waals surface area contributed by atoms with Crippen LogP contribution in [0, 0.1) is 0 Å². The molecule has 5 atom stereocenters. The summed E-state index contributed by atoms with van der Waals surface area (Å²) < 4.78 is 54.7. The molecule has 6 rings (SSSR count). The lowest BCUT2D eigenvalue weighted by molar-refractivity contribution is -0.184. The van der Waals surface area contributed by atoms with Gasteiger partial charge in [0, 0.05) is 12.3 Å². The smallest absolute Gasteiger partial charge is 0.409 e. The molecule has 2 aliphatic heterocycles. The molecule has 3 heterocycles. The summed E-state index contributed by atoms with van der Waals surface area (Å²) in [7, 11) is 0. The molecule has 0 radical (unpaired) electrons. The molecule has 58 heavy (non-hydrogen) atoms. The van der Waals surface area contributed by atoms with E-state index in [2.05, 4.69) is 5.32 Å². The number of amides is 1. The summed E-state index contributed by atoms with van der Waals surface area (Å²) in [4.78, 5) is 67.8. The third-order valence-corrected chi connectivity index (χ3v) is 9.29. The zero-order valence-corrected chi connectivity index (χ0v) is 32.0. The molecule has 17 nitrogen and oxygen atoms in total. The third-order valence-electron chi connectivity index (χ3n) is 9.29. The van der Waals surface area contributed by atoms with Gasteiger partial charge in [0.05, 0.1) is 33.0 Å². The monoisotopic (exact) mass is 803 g/mol. The molecule has 4 aromatic rings. The molecule has 0 bridgehead atoms. The van der Waals surface area contributed by atoms with Crippen molar-refractivity contribution in [1.29, 1.82) is 0 Å². The average Bonchev–Trinajstić information content (AvgIpc) is 3.78. The number of hydrogen-bond donors (Lipinski definition) is 1. The van der Waals surface area contributed by atoms with Crippen LogP contribution in [-0.4, -0.2) is 83.9 Å². The van der Waals surface area contributed by atoms with E-state index in [0.717, 1.165) is 31.9 Å². The number of carbonyl (C=O) groups is 3. The van der Waals surface area contributed by atoms with Gasteiger partial charge in [-0.1, -0.05) is 91.0 Å². The van der Waals surface area contributed by atoms with Crippen molar-refractivity contribution < 1.29 is 57.0 Å². The van der Waals surface area contributed by atoms with E-state index in [0.29, 0.717) is 0 Å². The largest absolute Gasteiger partial charge is 0.464 e. The lowest BCUT2D eigenvalue weighted by atomic mass is 9.87. The Labute approximate surface area is 333 Å². The first kappa shape index (κ1) is 41.9. The molecule has 3 aromatic carbocycles. The minimum atomic E-state index is -2.57. The highest BCUT2D eigenvalue weighted by Gasteiger charge is 2.69. The first-order valence-corrected chi connectivity index (χ1v) is 18.7. The van der Waals surface area contributed by atoms with E-state index in [9.17, 15) is 24.0 Å². The van der Waals surface area contributed by atoms with Crippen LogP contribution in [0.4, 0.5) is 4.79 Å². The van der Waals surface area contributed by atoms with Gasteiger partial charge < -0.3 is 42.6 Å². The summed E-state index contributed by atoms with van der Waals surface area (Å²) in [6, 6.07) is 28.9.